The molecule has 0 amide bonds. The van der Waals surface area contributed by atoms with E-state index in [1.807, 2.05) is 18.2 Å². The molecule has 22 heavy (non-hydrogen) atoms. The van der Waals surface area contributed by atoms with Crippen LogP contribution in [-0.4, -0.2) is 44.7 Å². The highest BCUT2D eigenvalue weighted by Gasteiger charge is 2.11. The lowest BCUT2D eigenvalue weighted by Crippen LogP contribution is -2.41. The lowest BCUT2D eigenvalue weighted by Gasteiger charge is -2.27. The average Bonchev–Trinajstić information content (AvgIpc) is 2.55. The average molecular weight is 419 g/mol. The first kappa shape index (κ1) is 18.9. The highest BCUT2D eigenvalue weighted by molar-refractivity contribution is 14.0. The minimum absolute atomic E-state index is 0. The summed E-state index contributed by atoms with van der Waals surface area (Å²) < 4.78 is 10.5. The molecule has 0 aromatic heterocycles. The van der Waals surface area contributed by atoms with E-state index in [4.69, 9.17) is 15.2 Å². The number of aliphatic imine (C=N–C) groups is 1. The summed E-state index contributed by atoms with van der Waals surface area (Å²) in [6.45, 7) is 2.76. The zero-order valence-electron chi connectivity index (χ0n) is 13.4. The van der Waals surface area contributed by atoms with E-state index < -0.39 is 0 Å². The van der Waals surface area contributed by atoms with Gasteiger partial charge < -0.3 is 20.1 Å². The number of hydrogen-bond acceptors (Lipinski definition) is 3. The summed E-state index contributed by atoms with van der Waals surface area (Å²) in [6.07, 6.45) is 4.57. The monoisotopic (exact) mass is 419 g/mol. The quantitative estimate of drug-likeness (QED) is 0.453. The largest absolute Gasteiger partial charge is 0.493 e. The highest BCUT2D eigenvalue weighted by Crippen LogP contribution is 2.27. The van der Waals surface area contributed by atoms with Gasteiger partial charge in [-0.05, 0) is 43.4 Å². The Morgan fingerprint density at radius 1 is 1.14 bits per heavy atom. The molecule has 2 N–H and O–H groups in total. The van der Waals surface area contributed by atoms with Gasteiger partial charge in [-0.1, -0.05) is 6.07 Å². The third-order valence-corrected chi connectivity index (χ3v) is 3.80. The first-order chi connectivity index (χ1) is 10.2. The summed E-state index contributed by atoms with van der Waals surface area (Å²) in [5.41, 5.74) is 7.21. The van der Waals surface area contributed by atoms with Crippen LogP contribution in [0.2, 0.25) is 0 Å². The van der Waals surface area contributed by atoms with Crippen molar-refractivity contribution in [2.75, 3.05) is 33.9 Å². The van der Waals surface area contributed by atoms with E-state index in [1.54, 1.807) is 14.2 Å². The fourth-order valence-electron chi connectivity index (χ4n) is 2.56. The fourth-order valence-corrected chi connectivity index (χ4v) is 2.56. The Hall–Kier alpha value is -1.18. The fraction of sp³-hybridized carbons (Fsp3) is 0.562. The maximum Gasteiger partial charge on any atom is 0.191 e. The van der Waals surface area contributed by atoms with Gasteiger partial charge in [0, 0.05) is 19.6 Å². The van der Waals surface area contributed by atoms with Crippen molar-refractivity contribution in [2.24, 2.45) is 10.7 Å². The van der Waals surface area contributed by atoms with E-state index in [9.17, 15) is 0 Å². The second kappa shape index (κ2) is 9.76. The first-order valence-electron chi connectivity index (χ1n) is 7.50. The van der Waals surface area contributed by atoms with Gasteiger partial charge >= 0.3 is 0 Å². The molecule has 0 spiro atoms. The van der Waals surface area contributed by atoms with Crippen LogP contribution < -0.4 is 15.2 Å². The molecule has 0 atom stereocenters. The van der Waals surface area contributed by atoms with Crippen molar-refractivity contribution >= 4 is 29.9 Å². The third kappa shape index (κ3) is 5.23. The number of guanidine groups is 1. The Bertz CT molecular complexity index is 488. The second-order valence-electron chi connectivity index (χ2n) is 5.23. The number of nitrogens with two attached hydrogens (primary N) is 1. The van der Waals surface area contributed by atoms with Gasteiger partial charge in [-0.3, -0.25) is 4.99 Å². The van der Waals surface area contributed by atoms with Gasteiger partial charge in [0.05, 0.1) is 14.2 Å². The Morgan fingerprint density at radius 3 is 2.45 bits per heavy atom. The molecule has 1 aromatic carbocycles. The van der Waals surface area contributed by atoms with E-state index in [0.717, 1.165) is 31.0 Å². The topological polar surface area (TPSA) is 60.1 Å². The maximum absolute atomic E-state index is 6.05. The molecule has 5 nitrogen and oxygen atoms in total. The number of rotatable bonds is 5. The number of piperidine rings is 1. The molecule has 1 heterocycles. The number of hydrogen-bond donors (Lipinski definition) is 1. The Balaban J connectivity index is 0.00000242. The van der Waals surface area contributed by atoms with Gasteiger partial charge in [0.2, 0.25) is 0 Å². The number of benzene rings is 1. The van der Waals surface area contributed by atoms with Gasteiger partial charge in [-0.25, -0.2) is 0 Å². The van der Waals surface area contributed by atoms with Crippen molar-refractivity contribution in [2.45, 2.75) is 25.7 Å². The van der Waals surface area contributed by atoms with Crippen LogP contribution in [0.3, 0.4) is 0 Å². The van der Waals surface area contributed by atoms with E-state index in [1.165, 1.54) is 24.8 Å². The van der Waals surface area contributed by atoms with Crippen LogP contribution in [0.15, 0.2) is 23.2 Å². The summed E-state index contributed by atoms with van der Waals surface area (Å²) in [5, 5.41) is 0. The zero-order valence-corrected chi connectivity index (χ0v) is 15.7. The van der Waals surface area contributed by atoms with Crippen molar-refractivity contribution in [3.8, 4) is 11.5 Å². The lowest BCUT2D eigenvalue weighted by atomic mass is 10.1. The highest BCUT2D eigenvalue weighted by atomic mass is 127. The first-order valence-corrected chi connectivity index (χ1v) is 7.50. The van der Waals surface area contributed by atoms with Crippen LogP contribution in [0, 0.1) is 0 Å². The maximum atomic E-state index is 6.05. The van der Waals surface area contributed by atoms with Gasteiger partial charge in [-0.15, -0.1) is 24.0 Å². The van der Waals surface area contributed by atoms with Crippen molar-refractivity contribution in [3.63, 3.8) is 0 Å². The van der Waals surface area contributed by atoms with E-state index in [2.05, 4.69) is 9.89 Å². The molecule has 6 heteroatoms. The molecule has 0 saturated carbocycles. The second-order valence-corrected chi connectivity index (χ2v) is 5.23. The van der Waals surface area contributed by atoms with Crippen LogP contribution in [0.4, 0.5) is 0 Å². The summed E-state index contributed by atoms with van der Waals surface area (Å²) in [4.78, 5) is 6.67. The Labute approximate surface area is 149 Å². The zero-order chi connectivity index (χ0) is 15.1. The molecule has 0 bridgehead atoms. The summed E-state index contributed by atoms with van der Waals surface area (Å²) in [6, 6.07) is 5.95. The number of likely N-dealkylation sites (tertiary alicyclic amines) is 1. The Morgan fingerprint density at radius 2 is 1.82 bits per heavy atom. The predicted molar refractivity (Wildman–Crippen MR) is 101 cm³/mol. The molecule has 1 aliphatic rings. The van der Waals surface area contributed by atoms with Crippen molar-refractivity contribution < 1.29 is 9.47 Å². The SMILES string of the molecule is COc1ccc(CCN=C(N)N2CCCCC2)cc1OC.I. The minimum atomic E-state index is 0. The summed E-state index contributed by atoms with van der Waals surface area (Å²) in [5.74, 6) is 2.18. The molecule has 1 saturated heterocycles. The van der Waals surface area contributed by atoms with Gasteiger partial charge in [0.1, 0.15) is 0 Å². The van der Waals surface area contributed by atoms with E-state index >= 15 is 0 Å². The molecule has 0 unspecified atom stereocenters. The van der Waals surface area contributed by atoms with Crippen molar-refractivity contribution in [1.29, 1.82) is 0 Å². The molecule has 2 rings (SSSR count). The van der Waals surface area contributed by atoms with Gasteiger partial charge in [0.15, 0.2) is 17.5 Å². The van der Waals surface area contributed by atoms with Crippen molar-refractivity contribution in [1.82, 2.24) is 4.90 Å². The number of ether oxygens (including phenoxy) is 2. The van der Waals surface area contributed by atoms with Crippen LogP contribution in [0.1, 0.15) is 24.8 Å². The minimum Gasteiger partial charge on any atom is -0.493 e. The van der Waals surface area contributed by atoms with Crippen molar-refractivity contribution in [3.05, 3.63) is 23.8 Å². The molecule has 0 aliphatic carbocycles. The normalized spacial score (nSPS) is 15.2. The van der Waals surface area contributed by atoms with E-state index in [-0.39, 0.29) is 24.0 Å². The smallest absolute Gasteiger partial charge is 0.191 e. The Kier molecular flexibility index (Phi) is 8.37. The van der Waals surface area contributed by atoms with Gasteiger partial charge in [0.25, 0.3) is 0 Å². The number of halogens is 1. The van der Waals surface area contributed by atoms with Gasteiger partial charge in [-0.2, -0.15) is 0 Å². The molecule has 1 aliphatic heterocycles. The molecule has 1 fully saturated rings. The standard InChI is InChI=1S/C16H25N3O2.HI/c1-20-14-7-6-13(12-15(14)21-2)8-9-18-16(17)19-10-4-3-5-11-19;/h6-7,12H,3-5,8-11H2,1-2H3,(H2,17,18);1H. The number of methoxy groups -OCH3 is 2. The van der Waals surface area contributed by atoms with Crippen LogP contribution in [0.5, 0.6) is 11.5 Å². The molecule has 1 aromatic rings. The lowest BCUT2D eigenvalue weighted by molar-refractivity contribution is 0.338. The predicted octanol–water partition coefficient (Wildman–Crippen LogP) is 2.66. The van der Waals surface area contributed by atoms with Crippen LogP contribution in [-0.2, 0) is 6.42 Å². The molecular weight excluding hydrogens is 393 g/mol. The third-order valence-electron chi connectivity index (χ3n) is 3.80. The summed E-state index contributed by atoms with van der Waals surface area (Å²) >= 11 is 0. The van der Waals surface area contributed by atoms with Crippen LogP contribution in [0.25, 0.3) is 0 Å². The molecule has 0 radical (unpaired) electrons. The van der Waals surface area contributed by atoms with E-state index in [0.29, 0.717) is 12.5 Å². The molecular formula is C16H26IN3O2. The number of nitrogens with zero attached hydrogens (tertiary/aromatic N) is 2. The molecule has 124 valence electrons. The van der Waals surface area contributed by atoms with Crippen LogP contribution >= 0.6 is 24.0 Å². The summed E-state index contributed by atoms with van der Waals surface area (Å²) in [7, 11) is 3.29.